The van der Waals surface area contributed by atoms with Gasteiger partial charge in [0, 0.05) is 37.3 Å². The number of aromatic nitrogens is 1. The molecule has 0 amide bonds. The molecule has 0 atom stereocenters. The first kappa shape index (κ1) is 20.4. The fourth-order valence-corrected chi connectivity index (χ4v) is 7.58. The lowest BCUT2D eigenvalue weighted by atomic mass is 9.94. The van der Waals surface area contributed by atoms with Crippen molar-refractivity contribution in [2.45, 2.75) is 0 Å². The number of nitrogens with zero attached hydrogens (tertiary/aromatic N) is 1. The molecule has 0 unspecified atom stereocenters. The van der Waals surface area contributed by atoms with Crippen molar-refractivity contribution in [2.24, 2.45) is 0 Å². The molecule has 9 aromatic rings. The summed E-state index contributed by atoms with van der Waals surface area (Å²) >= 11 is 1.84. The summed E-state index contributed by atoms with van der Waals surface area (Å²) in [5.41, 5.74) is 3.78. The molecule has 7 aromatic carbocycles. The molecule has 0 bridgehead atoms. The Morgan fingerprint density at radius 2 is 0.974 bits per heavy atom. The van der Waals surface area contributed by atoms with E-state index in [-0.39, 0.29) is 0 Å². The van der Waals surface area contributed by atoms with Crippen LogP contribution in [0.15, 0.2) is 127 Å². The van der Waals surface area contributed by atoms with Gasteiger partial charge in [-0.25, -0.2) is 0 Å². The molecule has 0 radical (unpaired) electrons. The predicted octanol–water partition coefficient (Wildman–Crippen LogP) is 10.6. The molecule has 38 heavy (non-hydrogen) atoms. The zero-order valence-corrected chi connectivity index (χ0v) is 21.3. The number of thiophene rings is 1. The molecule has 2 heterocycles. The summed E-state index contributed by atoms with van der Waals surface area (Å²) in [6, 6.07) is 44.7. The number of rotatable bonds is 1. The maximum absolute atomic E-state index is 2.55. The summed E-state index contributed by atoms with van der Waals surface area (Å²) in [5.74, 6) is 0. The van der Waals surface area contributed by atoms with Gasteiger partial charge >= 0.3 is 0 Å². The Morgan fingerprint density at radius 1 is 0.421 bits per heavy atom. The number of hydrogen-bond acceptors (Lipinski definition) is 1. The minimum Gasteiger partial charge on any atom is -0.308 e. The van der Waals surface area contributed by atoms with E-state index in [0.29, 0.717) is 0 Å². The van der Waals surface area contributed by atoms with Gasteiger partial charge in [0.05, 0.1) is 11.0 Å². The van der Waals surface area contributed by atoms with Gasteiger partial charge in [0.15, 0.2) is 0 Å². The van der Waals surface area contributed by atoms with E-state index in [9.17, 15) is 0 Å². The van der Waals surface area contributed by atoms with Gasteiger partial charge in [-0.2, -0.15) is 0 Å². The van der Waals surface area contributed by atoms with Crippen molar-refractivity contribution in [2.75, 3.05) is 0 Å². The summed E-state index contributed by atoms with van der Waals surface area (Å²) < 4.78 is 3.90. The molecule has 2 aromatic heterocycles. The van der Waals surface area contributed by atoms with Crippen LogP contribution in [0.25, 0.3) is 80.7 Å². The van der Waals surface area contributed by atoms with Gasteiger partial charge in [-0.1, -0.05) is 103 Å². The lowest BCUT2D eigenvalue weighted by molar-refractivity contribution is 1.20. The topological polar surface area (TPSA) is 4.93 Å². The highest BCUT2D eigenvalue weighted by Gasteiger charge is 2.23. The molecule has 0 aliphatic rings. The van der Waals surface area contributed by atoms with Crippen LogP contribution < -0.4 is 0 Å². The number of benzene rings is 7. The summed E-state index contributed by atoms with van der Waals surface area (Å²) in [6.45, 7) is 0. The quantitative estimate of drug-likeness (QED) is 0.198. The molecule has 176 valence electrons. The van der Waals surface area contributed by atoms with E-state index in [1.807, 2.05) is 11.3 Å². The highest BCUT2D eigenvalue weighted by atomic mass is 32.1. The SMILES string of the molecule is c1ccc2cc(-n3c4c5ccccc5c5ccccc5c4c4c5ccccc5c5sccc5c43)ccc2c1. The molecular weight excluding hydrogens is 478 g/mol. The van der Waals surface area contributed by atoms with E-state index >= 15 is 0 Å². The number of hydrogen-bond donors (Lipinski definition) is 0. The Hall–Kier alpha value is -4.66. The first-order valence-corrected chi connectivity index (χ1v) is 13.9. The van der Waals surface area contributed by atoms with Gasteiger partial charge in [0.1, 0.15) is 0 Å². The highest BCUT2D eigenvalue weighted by molar-refractivity contribution is 7.18. The van der Waals surface area contributed by atoms with Gasteiger partial charge in [-0.3, -0.25) is 0 Å². The molecule has 9 rings (SSSR count). The molecule has 2 heteroatoms. The van der Waals surface area contributed by atoms with Crippen LogP contribution in [0, 0.1) is 0 Å². The number of fused-ring (bicyclic) bond motifs is 14. The Morgan fingerprint density at radius 3 is 1.74 bits per heavy atom. The first-order chi connectivity index (χ1) is 18.9. The van der Waals surface area contributed by atoms with Crippen molar-refractivity contribution in [3.8, 4) is 5.69 Å². The minimum absolute atomic E-state index is 1.20. The van der Waals surface area contributed by atoms with Gasteiger partial charge in [0.25, 0.3) is 0 Å². The Bertz CT molecular complexity index is 2400. The van der Waals surface area contributed by atoms with E-state index in [0.717, 1.165) is 0 Å². The van der Waals surface area contributed by atoms with Crippen molar-refractivity contribution >= 4 is 86.3 Å². The highest BCUT2D eigenvalue weighted by Crippen LogP contribution is 2.48. The summed E-state index contributed by atoms with van der Waals surface area (Å²) in [5, 5.41) is 16.6. The molecule has 0 spiro atoms. The van der Waals surface area contributed by atoms with Crippen molar-refractivity contribution in [3.63, 3.8) is 0 Å². The average molecular weight is 500 g/mol. The third-order valence-electron chi connectivity index (χ3n) is 8.19. The van der Waals surface area contributed by atoms with Crippen molar-refractivity contribution < 1.29 is 0 Å². The lowest BCUT2D eigenvalue weighted by Gasteiger charge is -2.13. The Labute approximate surface area is 222 Å². The third-order valence-corrected chi connectivity index (χ3v) is 9.14. The van der Waals surface area contributed by atoms with E-state index in [2.05, 4.69) is 131 Å². The van der Waals surface area contributed by atoms with Crippen LogP contribution in [-0.2, 0) is 0 Å². The predicted molar refractivity (Wildman–Crippen MR) is 166 cm³/mol. The molecule has 0 aliphatic heterocycles. The Kier molecular flexibility index (Phi) is 3.99. The van der Waals surface area contributed by atoms with Gasteiger partial charge < -0.3 is 4.57 Å². The van der Waals surface area contributed by atoms with Crippen molar-refractivity contribution in [3.05, 3.63) is 127 Å². The van der Waals surface area contributed by atoms with Crippen LogP contribution >= 0.6 is 11.3 Å². The lowest BCUT2D eigenvalue weighted by Crippen LogP contribution is -1.95. The second-order valence-electron chi connectivity index (χ2n) is 10.1. The fraction of sp³-hybridized carbons (Fsp3) is 0. The zero-order chi connectivity index (χ0) is 24.8. The third kappa shape index (κ3) is 2.55. The second-order valence-corrected chi connectivity index (χ2v) is 11.0. The molecular formula is C36H21NS. The molecule has 0 aliphatic carbocycles. The first-order valence-electron chi connectivity index (χ1n) is 13.0. The molecule has 1 nitrogen and oxygen atoms in total. The largest absolute Gasteiger partial charge is 0.308 e. The maximum atomic E-state index is 2.55. The average Bonchev–Trinajstić information content (AvgIpc) is 3.61. The zero-order valence-electron chi connectivity index (χ0n) is 20.5. The molecule has 0 N–H and O–H groups in total. The van der Waals surface area contributed by atoms with Crippen LogP contribution in [0.5, 0.6) is 0 Å². The summed E-state index contributed by atoms with van der Waals surface area (Å²) in [7, 11) is 0. The van der Waals surface area contributed by atoms with Crippen molar-refractivity contribution in [1.29, 1.82) is 0 Å². The smallest absolute Gasteiger partial charge is 0.0634 e. The summed E-state index contributed by atoms with van der Waals surface area (Å²) in [6.07, 6.45) is 0. The molecule has 0 saturated carbocycles. The van der Waals surface area contributed by atoms with Crippen LogP contribution in [0.3, 0.4) is 0 Å². The fourth-order valence-electron chi connectivity index (χ4n) is 6.64. The van der Waals surface area contributed by atoms with E-state index in [4.69, 9.17) is 0 Å². The maximum Gasteiger partial charge on any atom is 0.0634 e. The van der Waals surface area contributed by atoms with Gasteiger partial charge in [-0.15, -0.1) is 11.3 Å². The van der Waals surface area contributed by atoms with Crippen LogP contribution in [0.1, 0.15) is 0 Å². The molecule has 0 saturated heterocycles. The van der Waals surface area contributed by atoms with E-state index < -0.39 is 0 Å². The van der Waals surface area contributed by atoms with Gasteiger partial charge in [-0.05, 0) is 55.9 Å². The van der Waals surface area contributed by atoms with Crippen LogP contribution in [0.4, 0.5) is 0 Å². The second kappa shape index (κ2) is 7.44. The van der Waals surface area contributed by atoms with E-state index in [1.54, 1.807) is 0 Å². The van der Waals surface area contributed by atoms with Crippen LogP contribution in [0.2, 0.25) is 0 Å². The van der Waals surface area contributed by atoms with Crippen LogP contribution in [-0.4, -0.2) is 4.57 Å². The normalized spacial score (nSPS) is 12.2. The standard InChI is InChI=1S/C36H21NS/c1-2-10-23-21-24(18-17-22(23)9-1)37-34-29-15-7-4-12-26(29)25-11-3-5-13-27(25)32(34)33-28-14-6-8-16-30(28)36-31(35(33)37)19-20-38-36/h1-21H. The monoisotopic (exact) mass is 499 g/mol. The van der Waals surface area contributed by atoms with Crippen molar-refractivity contribution in [1.82, 2.24) is 4.57 Å². The summed E-state index contributed by atoms with van der Waals surface area (Å²) in [4.78, 5) is 0. The minimum atomic E-state index is 1.20. The molecule has 0 fully saturated rings. The van der Waals surface area contributed by atoms with E-state index in [1.165, 1.54) is 80.7 Å². The van der Waals surface area contributed by atoms with Gasteiger partial charge in [0.2, 0.25) is 0 Å². The Balaban J connectivity index is 1.68.